The Balaban J connectivity index is 0.000000364. The monoisotopic (exact) mass is 200 g/mol. The molecule has 0 aliphatic rings. The molecular weight excluding hydrogens is 188 g/mol. The summed E-state index contributed by atoms with van der Waals surface area (Å²) >= 11 is 0. The van der Waals surface area contributed by atoms with Gasteiger partial charge in [0.2, 0.25) is 0 Å². The summed E-state index contributed by atoms with van der Waals surface area (Å²) in [4.78, 5) is 9.52. The van der Waals surface area contributed by atoms with Crippen LogP contribution in [0.3, 0.4) is 0 Å². The molecule has 0 spiro atoms. The van der Waals surface area contributed by atoms with Gasteiger partial charge in [0.25, 0.3) is 5.69 Å². The predicted octanol–water partition coefficient (Wildman–Crippen LogP) is 0.238. The summed E-state index contributed by atoms with van der Waals surface area (Å²) in [6.45, 7) is 0.472. The molecule has 0 amide bonds. The molecular formula is C8H12N2O4. The Morgan fingerprint density at radius 2 is 1.79 bits per heavy atom. The second-order valence-electron chi connectivity index (χ2n) is 2.29. The zero-order valence-corrected chi connectivity index (χ0v) is 7.46. The number of nitro groups is 1. The third-order valence-corrected chi connectivity index (χ3v) is 1.19. The van der Waals surface area contributed by atoms with E-state index >= 15 is 0 Å². The van der Waals surface area contributed by atoms with Gasteiger partial charge in [-0.2, -0.15) is 0 Å². The van der Waals surface area contributed by atoms with Gasteiger partial charge in [-0.3, -0.25) is 10.1 Å². The van der Waals surface area contributed by atoms with Gasteiger partial charge in [-0.05, 0) is 12.1 Å². The van der Waals surface area contributed by atoms with Gasteiger partial charge in [0.15, 0.2) is 0 Å². The fourth-order valence-electron chi connectivity index (χ4n) is 0.574. The Bertz CT molecular complexity index is 271. The molecule has 4 N–H and O–H groups in total. The summed E-state index contributed by atoms with van der Waals surface area (Å²) in [6.07, 6.45) is 0. The SMILES string of the molecule is NCCO.O=[N+]([O-])c1ccc(O)cc1. The molecule has 1 aromatic rings. The molecule has 0 aliphatic heterocycles. The highest BCUT2D eigenvalue weighted by atomic mass is 16.6. The minimum atomic E-state index is -0.514. The standard InChI is InChI=1S/C6H5NO3.C2H7NO/c8-6-3-1-5(2-4-6)7(9)10;3-1-2-4/h1-4,8H;4H,1-3H2. The first-order valence-corrected chi connectivity index (χ1v) is 3.86. The molecule has 6 heteroatoms. The molecule has 0 saturated heterocycles. The number of phenols is 1. The van der Waals surface area contributed by atoms with Gasteiger partial charge in [-0.25, -0.2) is 0 Å². The molecule has 78 valence electrons. The average Bonchev–Trinajstić information content (AvgIpc) is 2.19. The maximum Gasteiger partial charge on any atom is 0.269 e. The number of hydrogen-bond donors (Lipinski definition) is 3. The van der Waals surface area contributed by atoms with Crippen LogP contribution in [0.5, 0.6) is 5.75 Å². The van der Waals surface area contributed by atoms with Crippen LogP contribution in [-0.2, 0) is 0 Å². The van der Waals surface area contributed by atoms with Crippen molar-refractivity contribution in [3.63, 3.8) is 0 Å². The fraction of sp³-hybridized carbons (Fsp3) is 0.250. The number of benzene rings is 1. The van der Waals surface area contributed by atoms with Gasteiger partial charge in [-0.15, -0.1) is 0 Å². The Labute approximate surface area is 80.7 Å². The van der Waals surface area contributed by atoms with Crippen molar-refractivity contribution in [1.29, 1.82) is 0 Å². The summed E-state index contributed by atoms with van der Waals surface area (Å²) in [7, 11) is 0. The number of aromatic hydroxyl groups is 1. The average molecular weight is 200 g/mol. The number of nitrogens with two attached hydrogens (primary N) is 1. The lowest BCUT2D eigenvalue weighted by atomic mass is 10.3. The molecule has 0 aliphatic carbocycles. The van der Waals surface area contributed by atoms with E-state index < -0.39 is 4.92 Å². The number of nitrogens with zero attached hydrogens (tertiary/aromatic N) is 1. The van der Waals surface area contributed by atoms with E-state index in [0.717, 1.165) is 0 Å². The lowest BCUT2D eigenvalue weighted by molar-refractivity contribution is -0.384. The number of aliphatic hydroxyl groups is 1. The van der Waals surface area contributed by atoms with E-state index in [2.05, 4.69) is 0 Å². The largest absolute Gasteiger partial charge is 0.508 e. The van der Waals surface area contributed by atoms with Gasteiger partial charge in [-0.1, -0.05) is 0 Å². The van der Waals surface area contributed by atoms with Crippen LogP contribution < -0.4 is 5.73 Å². The van der Waals surface area contributed by atoms with Crippen molar-refractivity contribution in [3.05, 3.63) is 34.4 Å². The molecule has 1 aromatic carbocycles. The molecule has 14 heavy (non-hydrogen) atoms. The number of aliphatic hydroxyl groups excluding tert-OH is 1. The van der Waals surface area contributed by atoms with Crippen LogP contribution in [0.1, 0.15) is 0 Å². The quantitative estimate of drug-likeness (QED) is 0.467. The second kappa shape index (κ2) is 6.81. The van der Waals surface area contributed by atoms with Crippen LogP contribution in [0.15, 0.2) is 24.3 Å². The zero-order valence-electron chi connectivity index (χ0n) is 7.46. The van der Waals surface area contributed by atoms with E-state index in [9.17, 15) is 10.1 Å². The highest BCUT2D eigenvalue weighted by Crippen LogP contribution is 2.14. The van der Waals surface area contributed by atoms with Gasteiger partial charge >= 0.3 is 0 Å². The summed E-state index contributed by atoms with van der Waals surface area (Å²) in [6, 6.07) is 5.04. The van der Waals surface area contributed by atoms with Crippen LogP contribution in [0.4, 0.5) is 5.69 Å². The highest BCUT2D eigenvalue weighted by molar-refractivity contribution is 5.34. The number of nitro benzene ring substituents is 1. The first kappa shape index (κ1) is 12.3. The lowest BCUT2D eigenvalue weighted by Gasteiger charge is -1.89. The Hall–Kier alpha value is -1.66. The normalized spacial score (nSPS) is 8.71. The minimum Gasteiger partial charge on any atom is -0.508 e. The third-order valence-electron chi connectivity index (χ3n) is 1.19. The van der Waals surface area contributed by atoms with Crippen molar-refractivity contribution in [2.45, 2.75) is 0 Å². The van der Waals surface area contributed by atoms with E-state index in [1.807, 2.05) is 0 Å². The number of non-ortho nitro benzene ring substituents is 1. The molecule has 0 bridgehead atoms. The van der Waals surface area contributed by atoms with Crippen LogP contribution in [0.25, 0.3) is 0 Å². The first-order chi connectivity index (χ1) is 6.61. The van der Waals surface area contributed by atoms with Crippen molar-refractivity contribution < 1.29 is 15.1 Å². The molecule has 0 unspecified atom stereocenters. The predicted molar refractivity (Wildman–Crippen MR) is 50.9 cm³/mol. The summed E-state index contributed by atoms with van der Waals surface area (Å²) < 4.78 is 0. The summed E-state index contributed by atoms with van der Waals surface area (Å²) in [5.74, 6) is 0.0330. The first-order valence-electron chi connectivity index (χ1n) is 3.86. The van der Waals surface area contributed by atoms with Gasteiger partial charge in [0, 0.05) is 18.7 Å². The van der Waals surface area contributed by atoms with E-state index in [-0.39, 0.29) is 18.0 Å². The van der Waals surface area contributed by atoms with Crippen LogP contribution in [-0.4, -0.2) is 28.3 Å². The molecule has 0 aromatic heterocycles. The Morgan fingerprint density at radius 1 is 1.36 bits per heavy atom. The fourth-order valence-corrected chi connectivity index (χ4v) is 0.574. The van der Waals surface area contributed by atoms with E-state index in [1.54, 1.807) is 0 Å². The van der Waals surface area contributed by atoms with Crippen molar-refractivity contribution in [2.75, 3.05) is 13.2 Å². The minimum absolute atomic E-state index is 0.0159. The zero-order chi connectivity index (χ0) is 11.0. The maximum atomic E-state index is 10.0. The molecule has 0 radical (unpaired) electrons. The Morgan fingerprint density at radius 3 is 2.07 bits per heavy atom. The third kappa shape index (κ3) is 5.07. The summed E-state index contributed by atoms with van der Waals surface area (Å²) in [5.41, 5.74) is 4.76. The molecule has 0 saturated carbocycles. The van der Waals surface area contributed by atoms with Crippen molar-refractivity contribution >= 4 is 5.69 Å². The van der Waals surface area contributed by atoms with E-state index in [4.69, 9.17) is 15.9 Å². The van der Waals surface area contributed by atoms with Crippen LogP contribution >= 0.6 is 0 Å². The van der Waals surface area contributed by atoms with Crippen molar-refractivity contribution in [3.8, 4) is 5.75 Å². The molecule has 6 nitrogen and oxygen atoms in total. The van der Waals surface area contributed by atoms with Crippen LogP contribution in [0, 0.1) is 10.1 Å². The molecule has 0 fully saturated rings. The lowest BCUT2D eigenvalue weighted by Crippen LogP contribution is -2.02. The number of hydrogen-bond acceptors (Lipinski definition) is 5. The van der Waals surface area contributed by atoms with Crippen LogP contribution in [0.2, 0.25) is 0 Å². The molecule has 1 rings (SSSR count). The van der Waals surface area contributed by atoms with Gasteiger partial charge in [0.1, 0.15) is 5.75 Å². The second-order valence-corrected chi connectivity index (χ2v) is 2.29. The van der Waals surface area contributed by atoms with E-state index in [1.165, 1.54) is 24.3 Å². The summed E-state index contributed by atoms with van der Waals surface area (Å²) in [5, 5.41) is 26.5. The van der Waals surface area contributed by atoms with Gasteiger partial charge < -0.3 is 15.9 Å². The topological polar surface area (TPSA) is 110 Å². The van der Waals surface area contributed by atoms with Crippen molar-refractivity contribution in [1.82, 2.24) is 0 Å². The van der Waals surface area contributed by atoms with E-state index in [0.29, 0.717) is 6.54 Å². The molecule has 0 atom stereocenters. The number of rotatable bonds is 2. The smallest absolute Gasteiger partial charge is 0.269 e. The Kier molecular flexibility index (Phi) is 6.01. The van der Waals surface area contributed by atoms with Crippen molar-refractivity contribution in [2.24, 2.45) is 5.73 Å². The number of phenolic OH excluding ortho intramolecular Hbond substituents is 1. The van der Waals surface area contributed by atoms with Gasteiger partial charge in [0.05, 0.1) is 11.5 Å². The maximum absolute atomic E-state index is 10.0. The molecule has 0 heterocycles. The highest BCUT2D eigenvalue weighted by Gasteiger charge is 2.01.